The summed E-state index contributed by atoms with van der Waals surface area (Å²) < 4.78 is 16.9. The summed E-state index contributed by atoms with van der Waals surface area (Å²) in [6, 6.07) is 5.94. The number of aromatic nitrogens is 2. The number of hydrogen-bond acceptors (Lipinski definition) is 4. The molecule has 0 fully saturated rings. The molecule has 1 heterocycles. The van der Waals surface area contributed by atoms with Gasteiger partial charge in [-0.2, -0.15) is 9.36 Å². The van der Waals surface area contributed by atoms with Crippen LogP contribution in [0.15, 0.2) is 24.3 Å². The van der Waals surface area contributed by atoms with Gasteiger partial charge in [0.1, 0.15) is 5.82 Å². The number of amides is 1. The van der Waals surface area contributed by atoms with E-state index in [0.717, 1.165) is 29.9 Å². The highest BCUT2D eigenvalue weighted by Gasteiger charge is 2.09. The lowest BCUT2D eigenvalue weighted by atomic mass is 10.2. The Morgan fingerprint density at radius 3 is 2.79 bits per heavy atom. The average Bonchev–Trinajstić information content (AvgIpc) is 2.85. The highest BCUT2D eigenvalue weighted by molar-refractivity contribution is 7.10. The Morgan fingerprint density at radius 1 is 1.37 bits per heavy atom. The van der Waals surface area contributed by atoms with Gasteiger partial charge in [0.15, 0.2) is 5.82 Å². The van der Waals surface area contributed by atoms with Crippen molar-refractivity contribution in [3.05, 3.63) is 30.1 Å². The van der Waals surface area contributed by atoms with Crippen LogP contribution in [-0.4, -0.2) is 15.3 Å². The third kappa shape index (κ3) is 3.82. The molecule has 0 bridgehead atoms. The van der Waals surface area contributed by atoms with Gasteiger partial charge < -0.3 is 5.32 Å². The monoisotopic (exact) mass is 279 g/mol. The number of benzene rings is 1. The second-order valence-electron chi connectivity index (χ2n) is 4.08. The van der Waals surface area contributed by atoms with Crippen molar-refractivity contribution in [1.29, 1.82) is 0 Å². The van der Waals surface area contributed by atoms with Crippen molar-refractivity contribution < 1.29 is 9.18 Å². The first-order valence-electron chi connectivity index (χ1n) is 6.08. The van der Waals surface area contributed by atoms with Gasteiger partial charge in [-0.1, -0.05) is 13.3 Å². The van der Waals surface area contributed by atoms with Crippen molar-refractivity contribution in [3.63, 3.8) is 0 Å². The molecule has 2 aromatic rings. The number of nitrogens with one attached hydrogen (secondary N) is 1. The SMILES string of the molecule is CCCCC(=O)Nc1nc(-c2ccc(F)cc2)ns1. The number of anilines is 1. The molecule has 1 amide bonds. The van der Waals surface area contributed by atoms with Crippen LogP contribution in [0.25, 0.3) is 11.4 Å². The maximum Gasteiger partial charge on any atom is 0.226 e. The molecule has 1 aromatic carbocycles. The predicted octanol–water partition coefficient (Wildman–Crippen LogP) is 3.47. The van der Waals surface area contributed by atoms with Crippen molar-refractivity contribution in [1.82, 2.24) is 9.36 Å². The molecule has 0 saturated carbocycles. The van der Waals surface area contributed by atoms with Crippen molar-refractivity contribution in [2.24, 2.45) is 0 Å². The predicted molar refractivity (Wildman–Crippen MR) is 73.5 cm³/mol. The summed E-state index contributed by atoms with van der Waals surface area (Å²) in [6.07, 6.45) is 2.32. The number of rotatable bonds is 5. The van der Waals surface area contributed by atoms with Crippen LogP contribution in [0.5, 0.6) is 0 Å². The van der Waals surface area contributed by atoms with Gasteiger partial charge in [0, 0.05) is 23.5 Å². The molecule has 0 aliphatic rings. The summed E-state index contributed by atoms with van der Waals surface area (Å²) in [6.45, 7) is 2.03. The number of unbranched alkanes of at least 4 members (excludes halogenated alkanes) is 1. The molecular weight excluding hydrogens is 265 g/mol. The average molecular weight is 279 g/mol. The Hall–Kier alpha value is -1.82. The van der Waals surface area contributed by atoms with Gasteiger partial charge >= 0.3 is 0 Å². The van der Waals surface area contributed by atoms with Gasteiger partial charge in [-0.15, -0.1) is 0 Å². The molecule has 1 aromatic heterocycles. The van der Waals surface area contributed by atoms with E-state index < -0.39 is 0 Å². The Kier molecular flexibility index (Phi) is 4.57. The Balaban J connectivity index is 2.02. The standard InChI is InChI=1S/C13H14FN3OS/c1-2-3-4-11(18)15-13-16-12(17-19-13)9-5-7-10(14)8-6-9/h5-8H,2-4H2,1H3,(H,15,16,17,18). The van der Waals surface area contributed by atoms with E-state index in [1.807, 2.05) is 6.92 Å². The summed E-state index contributed by atoms with van der Waals surface area (Å²) in [5, 5.41) is 3.18. The minimum absolute atomic E-state index is 0.0522. The highest BCUT2D eigenvalue weighted by atomic mass is 32.1. The van der Waals surface area contributed by atoms with Gasteiger partial charge in [0.2, 0.25) is 11.0 Å². The summed E-state index contributed by atoms with van der Waals surface area (Å²) in [5.74, 6) is 0.145. The number of hydrogen-bond donors (Lipinski definition) is 1. The summed E-state index contributed by atoms with van der Waals surface area (Å²) in [5.41, 5.74) is 0.728. The summed E-state index contributed by atoms with van der Waals surface area (Å²) >= 11 is 1.12. The third-order valence-electron chi connectivity index (χ3n) is 2.53. The van der Waals surface area contributed by atoms with Gasteiger partial charge in [-0.05, 0) is 30.7 Å². The lowest BCUT2D eigenvalue weighted by Gasteiger charge is -1.98. The molecule has 0 radical (unpaired) electrons. The van der Waals surface area contributed by atoms with E-state index in [0.29, 0.717) is 17.4 Å². The van der Waals surface area contributed by atoms with Crippen LogP contribution in [-0.2, 0) is 4.79 Å². The fourth-order valence-electron chi connectivity index (χ4n) is 1.51. The van der Waals surface area contributed by atoms with E-state index in [-0.39, 0.29) is 11.7 Å². The van der Waals surface area contributed by atoms with E-state index in [2.05, 4.69) is 14.7 Å². The topological polar surface area (TPSA) is 54.9 Å². The second-order valence-corrected chi connectivity index (χ2v) is 4.83. The largest absolute Gasteiger partial charge is 0.301 e. The molecule has 0 unspecified atom stereocenters. The van der Waals surface area contributed by atoms with E-state index in [9.17, 15) is 9.18 Å². The lowest BCUT2D eigenvalue weighted by molar-refractivity contribution is -0.116. The molecular formula is C13H14FN3OS. The molecule has 0 saturated heterocycles. The molecule has 0 spiro atoms. The number of nitrogens with zero attached hydrogens (tertiary/aromatic N) is 2. The smallest absolute Gasteiger partial charge is 0.226 e. The van der Waals surface area contributed by atoms with Crippen LogP contribution in [0.3, 0.4) is 0 Å². The minimum atomic E-state index is -0.299. The summed E-state index contributed by atoms with van der Waals surface area (Å²) in [7, 11) is 0. The maximum atomic E-state index is 12.8. The van der Waals surface area contributed by atoms with Gasteiger partial charge in [-0.25, -0.2) is 4.39 Å². The molecule has 1 N–H and O–H groups in total. The minimum Gasteiger partial charge on any atom is -0.301 e. The maximum absolute atomic E-state index is 12.8. The van der Waals surface area contributed by atoms with Crippen molar-refractivity contribution in [2.45, 2.75) is 26.2 Å². The van der Waals surface area contributed by atoms with Gasteiger partial charge in [0.25, 0.3) is 0 Å². The molecule has 100 valence electrons. The van der Waals surface area contributed by atoms with Gasteiger partial charge in [-0.3, -0.25) is 4.79 Å². The van der Waals surface area contributed by atoms with Crippen LogP contribution in [0.2, 0.25) is 0 Å². The number of carbonyl (C=O) groups excluding carboxylic acids is 1. The molecule has 0 aliphatic heterocycles. The fourth-order valence-corrected chi connectivity index (χ4v) is 2.12. The van der Waals surface area contributed by atoms with Crippen LogP contribution in [0, 0.1) is 5.82 Å². The molecule has 4 nitrogen and oxygen atoms in total. The zero-order valence-corrected chi connectivity index (χ0v) is 11.3. The normalized spacial score (nSPS) is 10.4. The Bertz CT molecular complexity index is 553. The zero-order valence-electron chi connectivity index (χ0n) is 10.5. The molecule has 2 rings (SSSR count). The Morgan fingerprint density at radius 2 is 2.11 bits per heavy atom. The van der Waals surface area contributed by atoms with E-state index in [1.54, 1.807) is 12.1 Å². The quantitative estimate of drug-likeness (QED) is 0.911. The fraction of sp³-hybridized carbons (Fsp3) is 0.308. The van der Waals surface area contributed by atoms with Crippen LogP contribution >= 0.6 is 11.5 Å². The van der Waals surface area contributed by atoms with Crippen LogP contribution < -0.4 is 5.32 Å². The second kappa shape index (κ2) is 6.38. The van der Waals surface area contributed by atoms with Crippen molar-refractivity contribution in [2.75, 3.05) is 5.32 Å². The molecule has 0 atom stereocenters. The lowest BCUT2D eigenvalue weighted by Crippen LogP contribution is -2.10. The summed E-state index contributed by atoms with van der Waals surface area (Å²) in [4.78, 5) is 15.8. The first-order chi connectivity index (χ1) is 9.19. The van der Waals surface area contributed by atoms with E-state index >= 15 is 0 Å². The Labute approximate surface area is 114 Å². The highest BCUT2D eigenvalue weighted by Crippen LogP contribution is 2.21. The van der Waals surface area contributed by atoms with Crippen LogP contribution in [0.4, 0.5) is 9.52 Å². The van der Waals surface area contributed by atoms with E-state index in [1.165, 1.54) is 12.1 Å². The van der Waals surface area contributed by atoms with Gasteiger partial charge in [0.05, 0.1) is 0 Å². The van der Waals surface area contributed by atoms with Crippen LogP contribution in [0.1, 0.15) is 26.2 Å². The molecule has 6 heteroatoms. The first kappa shape index (κ1) is 13.6. The number of carbonyl (C=O) groups is 1. The zero-order chi connectivity index (χ0) is 13.7. The molecule has 0 aliphatic carbocycles. The van der Waals surface area contributed by atoms with Crippen molar-refractivity contribution in [3.8, 4) is 11.4 Å². The molecule has 19 heavy (non-hydrogen) atoms. The van der Waals surface area contributed by atoms with E-state index in [4.69, 9.17) is 0 Å². The van der Waals surface area contributed by atoms with Crippen molar-refractivity contribution >= 4 is 22.6 Å². The number of halogens is 1. The third-order valence-corrected chi connectivity index (χ3v) is 3.16. The first-order valence-corrected chi connectivity index (χ1v) is 6.86.